The van der Waals surface area contributed by atoms with E-state index in [0.29, 0.717) is 0 Å². The maximum Gasteiger partial charge on any atom is 0.271 e. The van der Waals surface area contributed by atoms with Crippen molar-refractivity contribution in [1.29, 1.82) is 0 Å². The first-order valence-electron chi connectivity index (χ1n) is 6.54. The molecule has 2 aromatic carbocycles. The van der Waals surface area contributed by atoms with Gasteiger partial charge in [0.15, 0.2) is 6.10 Å². The van der Waals surface area contributed by atoms with E-state index >= 15 is 0 Å². The topological polar surface area (TPSA) is 81.5 Å². The number of anilines is 1. The Hall–Kier alpha value is -2.67. The van der Waals surface area contributed by atoms with Crippen molar-refractivity contribution in [2.45, 2.75) is 13.0 Å². The molecule has 0 bridgehead atoms. The largest absolute Gasteiger partial charge is 0.479 e. The van der Waals surface area contributed by atoms with Crippen LogP contribution in [0.4, 0.5) is 15.8 Å². The lowest BCUT2D eigenvalue weighted by Crippen LogP contribution is -2.30. The molecule has 0 saturated carbocycles. The minimum Gasteiger partial charge on any atom is -0.479 e. The Morgan fingerprint density at radius 2 is 2.04 bits per heavy atom. The number of rotatable bonds is 5. The number of nitro benzene ring substituents is 1. The standard InChI is InChI=1S/C15H12ClFN2O4/c1-9(15(20)18-13-5-3-2-4-12(13)17)23-14-7-6-10(19(21)22)8-11(14)16/h2-9H,1H3,(H,18,20)/t9-/m0/s1. The second kappa shape index (κ2) is 7.06. The van der Waals surface area contributed by atoms with Crippen molar-refractivity contribution in [3.8, 4) is 5.75 Å². The highest BCUT2D eigenvalue weighted by Gasteiger charge is 2.19. The summed E-state index contributed by atoms with van der Waals surface area (Å²) in [6.07, 6.45) is -0.978. The number of ether oxygens (including phenoxy) is 1. The first-order chi connectivity index (χ1) is 10.9. The van der Waals surface area contributed by atoms with Crippen molar-refractivity contribution in [2.24, 2.45) is 0 Å². The quantitative estimate of drug-likeness (QED) is 0.664. The molecule has 2 rings (SSSR count). The summed E-state index contributed by atoms with van der Waals surface area (Å²) < 4.78 is 18.8. The summed E-state index contributed by atoms with van der Waals surface area (Å²) in [5.41, 5.74) is -0.159. The number of halogens is 2. The van der Waals surface area contributed by atoms with Crippen LogP contribution < -0.4 is 10.1 Å². The van der Waals surface area contributed by atoms with Crippen LogP contribution in [-0.2, 0) is 4.79 Å². The molecular formula is C15H12ClFN2O4. The van der Waals surface area contributed by atoms with E-state index in [9.17, 15) is 19.3 Å². The van der Waals surface area contributed by atoms with Crippen LogP contribution in [0.5, 0.6) is 5.75 Å². The number of nitro groups is 1. The predicted octanol–water partition coefficient (Wildman–Crippen LogP) is 3.79. The van der Waals surface area contributed by atoms with E-state index in [0.717, 1.165) is 6.07 Å². The van der Waals surface area contributed by atoms with Crippen LogP contribution >= 0.6 is 11.6 Å². The third-order valence-electron chi connectivity index (χ3n) is 2.93. The molecule has 23 heavy (non-hydrogen) atoms. The lowest BCUT2D eigenvalue weighted by atomic mass is 10.2. The molecule has 1 amide bonds. The van der Waals surface area contributed by atoms with Gasteiger partial charge in [0.1, 0.15) is 11.6 Å². The van der Waals surface area contributed by atoms with Crippen LogP contribution in [0, 0.1) is 15.9 Å². The summed E-state index contributed by atoms with van der Waals surface area (Å²) in [5, 5.41) is 13.0. The molecule has 0 spiro atoms. The highest BCUT2D eigenvalue weighted by atomic mass is 35.5. The average Bonchev–Trinajstić information content (AvgIpc) is 2.51. The number of carbonyl (C=O) groups excluding carboxylic acids is 1. The molecule has 0 unspecified atom stereocenters. The van der Waals surface area contributed by atoms with E-state index in [-0.39, 0.29) is 22.1 Å². The summed E-state index contributed by atoms with van der Waals surface area (Å²) in [6.45, 7) is 1.45. The fraction of sp³-hybridized carbons (Fsp3) is 0.133. The molecule has 8 heteroatoms. The van der Waals surface area contributed by atoms with E-state index in [1.165, 1.54) is 37.3 Å². The number of nitrogens with one attached hydrogen (secondary N) is 1. The Morgan fingerprint density at radius 3 is 2.65 bits per heavy atom. The van der Waals surface area contributed by atoms with Gasteiger partial charge >= 0.3 is 0 Å². The van der Waals surface area contributed by atoms with Crippen molar-refractivity contribution in [3.63, 3.8) is 0 Å². The third kappa shape index (κ3) is 4.17. The van der Waals surface area contributed by atoms with E-state index in [2.05, 4.69) is 5.32 Å². The zero-order chi connectivity index (χ0) is 17.0. The van der Waals surface area contributed by atoms with Gasteiger partial charge in [-0.3, -0.25) is 14.9 Å². The average molecular weight is 339 g/mol. The van der Waals surface area contributed by atoms with Crippen LogP contribution in [0.25, 0.3) is 0 Å². The van der Waals surface area contributed by atoms with Gasteiger partial charge in [-0.05, 0) is 25.1 Å². The molecule has 0 aliphatic rings. The highest BCUT2D eigenvalue weighted by molar-refractivity contribution is 6.32. The Kier molecular flexibility index (Phi) is 5.13. The fourth-order valence-electron chi connectivity index (χ4n) is 1.74. The molecule has 6 nitrogen and oxygen atoms in total. The second-order valence-electron chi connectivity index (χ2n) is 4.60. The molecular weight excluding hydrogens is 327 g/mol. The van der Waals surface area contributed by atoms with E-state index in [1.807, 2.05) is 0 Å². The molecule has 120 valence electrons. The van der Waals surface area contributed by atoms with Crippen LogP contribution in [0.3, 0.4) is 0 Å². The molecule has 0 saturated heterocycles. The number of benzene rings is 2. The maximum absolute atomic E-state index is 13.5. The number of carbonyl (C=O) groups is 1. The van der Waals surface area contributed by atoms with Crippen LogP contribution in [0.2, 0.25) is 5.02 Å². The van der Waals surface area contributed by atoms with Crippen molar-refractivity contribution < 1.29 is 18.8 Å². The van der Waals surface area contributed by atoms with E-state index in [4.69, 9.17) is 16.3 Å². The van der Waals surface area contributed by atoms with Gasteiger partial charge in [0.25, 0.3) is 11.6 Å². The number of hydrogen-bond acceptors (Lipinski definition) is 4. The van der Waals surface area contributed by atoms with Crippen LogP contribution in [0.1, 0.15) is 6.92 Å². The minimum atomic E-state index is -0.978. The van der Waals surface area contributed by atoms with Gasteiger partial charge in [-0.25, -0.2) is 4.39 Å². The molecule has 0 aliphatic carbocycles. The lowest BCUT2D eigenvalue weighted by molar-refractivity contribution is -0.384. The molecule has 2 aromatic rings. The Labute approximate surface area is 136 Å². The first kappa shape index (κ1) is 16.7. The molecule has 1 N–H and O–H groups in total. The van der Waals surface area contributed by atoms with E-state index < -0.39 is 22.8 Å². The van der Waals surface area contributed by atoms with Crippen molar-refractivity contribution in [3.05, 3.63) is 63.4 Å². The Bertz CT molecular complexity index is 754. The van der Waals surface area contributed by atoms with Crippen molar-refractivity contribution >= 4 is 28.9 Å². The van der Waals surface area contributed by atoms with Gasteiger partial charge in [0.05, 0.1) is 15.6 Å². The first-order valence-corrected chi connectivity index (χ1v) is 6.92. The van der Waals surface area contributed by atoms with Gasteiger partial charge in [-0.15, -0.1) is 0 Å². The summed E-state index contributed by atoms with van der Waals surface area (Å²) in [4.78, 5) is 22.0. The smallest absolute Gasteiger partial charge is 0.271 e. The zero-order valence-electron chi connectivity index (χ0n) is 12.0. The molecule has 0 fully saturated rings. The number of nitrogens with zero attached hydrogens (tertiary/aromatic N) is 1. The Balaban J connectivity index is 2.07. The van der Waals surface area contributed by atoms with Gasteiger partial charge < -0.3 is 10.1 Å². The van der Waals surface area contributed by atoms with Crippen molar-refractivity contribution in [2.75, 3.05) is 5.32 Å². The lowest BCUT2D eigenvalue weighted by Gasteiger charge is -2.15. The summed E-state index contributed by atoms with van der Waals surface area (Å²) >= 11 is 5.89. The molecule has 0 heterocycles. The SMILES string of the molecule is C[C@H](Oc1ccc([N+](=O)[O-])cc1Cl)C(=O)Nc1ccccc1F. The van der Waals surface area contributed by atoms with Gasteiger partial charge in [-0.2, -0.15) is 0 Å². The molecule has 1 atom stereocenters. The van der Waals surface area contributed by atoms with Gasteiger partial charge in [0.2, 0.25) is 0 Å². The zero-order valence-corrected chi connectivity index (χ0v) is 12.7. The van der Waals surface area contributed by atoms with Crippen molar-refractivity contribution in [1.82, 2.24) is 0 Å². The Morgan fingerprint density at radius 1 is 1.35 bits per heavy atom. The second-order valence-corrected chi connectivity index (χ2v) is 5.01. The summed E-state index contributed by atoms with van der Waals surface area (Å²) in [6, 6.07) is 9.35. The van der Waals surface area contributed by atoms with E-state index in [1.54, 1.807) is 6.07 Å². The summed E-state index contributed by atoms with van der Waals surface area (Å²) in [7, 11) is 0. The molecule has 0 aliphatic heterocycles. The molecule has 0 aromatic heterocycles. The maximum atomic E-state index is 13.5. The highest BCUT2D eigenvalue weighted by Crippen LogP contribution is 2.29. The third-order valence-corrected chi connectivity index (χ3v) is 3.23. The minimum absolute atomic E-state index is 0.00439. The van der Waals surface area contributed by atoms with Gasteiger partial charge in [0, 0.05) is 12.1 Å². The van der Waals surface area contributed by atoms with Crippen LogP contribution in [0.15, 0.2) is 42.5 Å². The number of non-ortho nitro benzene ring substituents is 1. The van der Waals surface area contributed by atoms with Crippen LogP contribution in [-0.4, -0.2) is 16.9 Å². The predicted molar refractivity (Wildman–Crippen MR) is 83.2 cm³/mol. The number of amides is 1. The summed E-state index contributed by atoms with van der Waals surface area (Å²) in [5.74, 6) is -1.03. The number of para-hydroxylation sites is 1. The molecule has 0 radical (unpaired) electrons. The normalized spacial score (nSPS) is 11.6. The van der Waals surface area contributed by atoms with Gasteiger partial charge in [-0.1, -0.05) is 23.7 Å². The fourth-order valence-corrected chi connectivity index (χ4v) is 1.96. The monoisotopic (exact) mass is 338 g/mol. The number of hydrogen-bond donors (Lipinski definition) is 1.